The number of aryl methyl sites for hydroxylation is 1. The van der Waals surface area contributed by atoms with Gasteiger partial charge in [-0.1, -0.05) is 6.92 Å². The molecule has 0 unspecified atom stereocenters. The van der Waals surface area contributed by atoms with Crippen molar-refractivity contribution in [3.05, 3.63) is 18.1 Å². The summed E-state index contributed by atoms with van der Waals surface area (Å²) in [4.78, 5) is 19.6. The molecule has 6 heteroatoms. The largest absolute Gasteiger partial charge is 0.444 e. The van der Waals surface area contributed by atoms with Gasteiger partial charge in [0.25, 0.3) is 0 Å². The van der Waals surface area contributed by atoms with Crippen LogP contribution in [-0.2, 0) is 11.2 Å². The van der Waals surface area contributed by atoms with Crippen molar-refractivity contribution in [2.45, 2.75) is 39.7 Å². The minimum atomic E-state index is -0.472. The van der Waals surface area contributed by atoms with E-state index in [4.69, 9.17) is 4.74 Å². The van der Waals surface area contributed by atoms with Crippen molar-refractivity contribution in [1.82, 2.24) is 15.3 Å². The molecule has 0 aliphatic rings. The molecule has 1 rings (SSSR count). The molecule has 0 aliphatic carbocycles. The van der Waals surface area contributed by atoms with E-state index in [1.54, 1.807) is 0 Å². The molecular formula is C13H22N4O2. The standard InChI is InChI=1S/C13H22N4O2/c1-5-10-8-11(17-9-16-10)14-6-7-15-12(18)19-13(2,3)4/h8-9H,5-7H2,1-4H3,(H,15,18)(H,14,16,17). The lowest BCUT2D eigenvalue weighted by Gasteiger charge is -2.19. The van der Waals surface area contributed by atoms with Gasteiger partial charge < -0.3 is 15.4 Å². The van der Waals surface area contributed by atoms with Crippen LogP contribution < -0.4 is 10.6 Å². The van der Waals surface area contributed by atoms with Crippen molar-refractivity contribution in [2.75, 3.05) is 18.4 Å². The average molecular weight is 266 g/mol. The third-order valence-corrected chi connectivity index (χ3v) is 2.19. The number of aromatic nitrogens is 2. The quantitative estimate of drug-likeness (QED) is 0.797. The van der Waals surface area contributed by atoms with Crippen LogP contribution in [-0.4, -0.2) is 34.8 Å². The zero-order valence-corrected chi connectivity index (χ0v) is 12.0. The second-order valence-electron chi connectivity index (χ2n) is 5.10. The summed E-state index contributed by atoms with van der Waals surface area (Å²) >= 11 is 0. The molecule has 0 radical (unpaired) electrons. The third-order valence-electron chi connectivity index (χ3n) is 2.19. The third kappa shape index (κ3) is 6.59. The molecule has 0 saturated carbocycles. The molecule has 0 fully saturated rings. The van der Waals surface area contributed by atoms with Gasteiger partial charge in [0.2, 0.25) is 0 Å². The van der Waals surface area contributed by atoms with Gasteiger partial charge in [0.15, 0.2) is 0 Å². The van der Waals surface area contributed by atoms with Crippen LogP contribution in [0.2, 0.25) is 0 Å². The first kappa shape index (κ1) is 15.2. The lowest BCUT2D eigenvalue weighted by Crippen LogP contribution is -2.35. The summed E-state index contributed by atoms with van der Waals surface area (Å²) < 4.78 is 5.12. The van der Waals surface area contributed by atoms with Gasteiger partial charge in [-0.3, -0.25) is 0 Å². The fourth-order valence-electron chi connectivity index (χ4n) is 1.36. The number of amides is 1. The minimum Gasteiger partial charge on any atom is -0.444 e. The zero-order chi connectivity index (χ0) is 14.3. The Morgan fingerprint density at radius 2 is 2.05 bits per heavy atom. The van der Waals surface area contributed by atoms with Crippen LogP contribution in [0.4, 0.5) is 10.6 Å². The number of carbonyl (C=O) groups is 1. The van der Waals surface area contributed by atoms with Gasteiger partial charge in [0, 0.05) is 24.8 Å². The lowest BCUT2D eigenvalue weighted by molar-refractivity contribution is 0.0530. The van der Waals surface area contributed by atoms with E-state index >= 15 is 0 Å². The summed E-state index contributed by atoms with van der Waals surface area (Å²) in [7, 11) is 0. The summed E-state index contributed by atoms with van der Waals surface area (Å²) in [5.41, 5.74) is 0.512. The Morgan fingerprint density at radius 3 is 2.68 bits per heavy atom. The normalized spacial score (nSPS) is 10.9. The summed E-state index contributed by atoms with van der Waals surface area (Å²) in [6.07, 6.45) is 1.99. The second-order valence-corrected chi connectivity index (χ2v) is 5.10. The molecule has 6 nitrogen and oxygen atoms in total. The van der Waals surface area contributed by atoms with E-state index in [1.807, 2.05) is 33.8 Å². The van der Waals surface area contributed by atoms with Crippen LogP contribution in [0.3, 0.4) is 0 Å². The SMILES string of the molecule is CCc1cc(NCCNC(=O)OC(C)(C)C)ncn1. The van der Waals surface area contributed by atoms with Gasteiger partial charge >= 0.3 is 6.09 Å². The summed E-state index contributed by atoms with van der Waals surface area (Å²) in [5.74, 6) is 0.762. The van der Waals surface area contributed by atoms with Crippen molar-refractivity contribution in [3.8, 4) is 0 Å². The van der Waals surface area contributed by atoms with Crippen LogP contribution in [0, 0.1) is 0 Å². The molecule has 1 aromatic rings. The minimum absolute atomic E-state index is 0.411. The van der Waals surface area contributed by atoms with Gasteiger partial charge in [0.05, 0.1) is 0 Å². The fraction of sp³-hybridized carbons (Fsp3) is 0.615. The van der Waals surface area contributed by atoms with E-state index < -0.39 is 11.7 Å². The van der Waals surface area contributed by atoms with Crippen LogP contribution >= 0.6 is 0 Å². The fourth-order valence-corrected chi connectivity index (χ4v) is 1.36. The topological polar surface area (TPSA) is 76.1 Å². The Balaban J connectivity index is 2.25. The van der Waals surface area contributed by atoms with E-state index in [2.05, 4.69) is 20.6 Å². The highest BCUT2D eigenvalue weighted by molar-refractivity contribution is 5.67. The molecule has 0 atom stereocenters. The van der Waals surface area contributed by atoms with Gasteiger partial charge in [-0.15, -0.1) is 0 Å². The maximum Gasteiger partial charge on any atom is 0.407 e. The van der Waals surface area contributed by atoms with Crippen LogP contribution in [0.5, 0.6) is 0 Å². The molecule has 19 heavy (non-hydrogen) atoms. The molecule has 0 aliphatic heterocycles. The number of hydrogen-bond acceptors (Lipinski definition) is 5. The Kier molecular flexibility index (Phi) is 5.54. The van der Waals surface area contributed by atoms with Crippen molar-refractivity contribution in [2.24, 2.45) is 0 Å². The molecule has 0 bridgehead atoms. The average Bonchev–Trinajstić information content (AvgIpc) is 2.33. The Labute approximate surface area is 114 Å². The zero-order valence-electron chi connectivity index (χ0n) is 12.0. The number of hydrogen-bond donors (Lipinski definition) is 2. The molecule has 1 heterocycles. The highest BCUT2D eigenvalue weighted by atomic mass is 16.6. The first-order valence-electron chi connectivity index (χ1n) is 6.42. The number of ether oxygens (including phenoxy) is 1. The van der Waals surface area contributed by atoms with E-state index in [0.717, 1.165) is 17.9 Å². The van der Waals surface area contributed by atoms with Gasteiger partial charge in [-0.2, -0.15) is 0 Å². The van der Waals surface area contributed by atoms with Crippen molar-refractivity contribution in [1.29, 1.82) is 0 Å². The molecule has 0 aromatic carbocycles. The van der Waals surface area contributed by atoms with Crippen molar-refractivity contribution < 1.29 is 9.53 Å². The van der Waals surface area contributed by atoms with Crippen LogP contribution in [0.15, 0.2) is 12.4 Å². The Bertz CT molecular complexity index is 415. The second kappa shape index (κ2) is 6.92. The smallest absolute Gasteiger partial charge is 0.407 e. The predicted octanol–water partition coefficient (Wildman–Crippen LogP) is 1.98. The molecule has 2 N–H and O–H groups in total. The van der Waals surface area contributed by atoms with Crippen molar-refractivity contribution >= 4 is 11.9 Å². The maximum atomic E-state index is 11.4. The van der Waals surface area contributed by atoms with E-state index in [-0.39, 0.29) is 0 Å². The number of nitrogens with zero attached hydrogens (tertiary/aromatic N) is 2. The first-order chi connectivity index (χ1) is 8.90. The van der Waals surface area contributed by atoms with Gasteiger partial charge in [-0.25, -0.2) is 14.8 Å². The maximum absolute atomic E-state index is 11.4. The highest BCUT2D eigenvalue weighted by Crippen LogP contribution is 2.06. The molecule has 0 saturated heterocycles. The first-order valence-corrected chi connectivity index (χ1v) is 6.42. The van der Waals surface area contributed by atoms with E-state index in [9.17, 15) is 4.79 Å². The Morgan fingerprint density at radius 1 is 1.32 bits per heavy atom. The van der Waals surface area contributed by atoms with Crippen molar-refractivity contribution in [3.63, 3.8) is 0 Å². The summed E-state index contributed by atoms with van der Waals surface area (Å²) in [6.45, 7) is 8.59. The molecule has 1 amide bonds. The summed E-state index contributed by atoms with van der Waals surface area (Å²) in [6, 6.07) is 1.90. The molecular weight excluding hydrogens is 244 g/mol. The predicted molar refractivity (Wildman–Crippen MR) is 74.1 cm³/mol. The van der Waals surface area contributed by atoms with E-state index in [0.29, 0.717) is 13.1 Å². The van der Waals surface area contributed by atoms with Gasteiger partial charge in [0.1, 0.15) is 17.7 Å². The number of carbonyl (C=O) groups excluding carboxylic acids is 1. The number of anilines is 1. The molecule has 106 valence electrons. The summed E-state index contributed by atoms with van der Waals surface area (Å²) in [5, 5.41) is 5.79. The highest BCUT2D eigenvalue weighted by Gasteiger charge is 2.15. The number of alkyl carbamates (subject to hydrolysis) is 1. The Hall–Kier alpha value is -1.85. The molecule has 1 aromatic heterocycles. The van der Waals surface area contributed by atoms with Crippen LogP contribution in [0.1, 0.15) is 33.4 Å². The lowest BCUT2D eigenvalue weighted by atomic mass is 10.2. The van der Waals surface area contributed by atoms with Crippen LogP contribution in [0.25, 0.3) is 0 Å². The number of nitrogens with one attached hydrogen (secondary N) is 2. The van der Waals surface area contributed by atoms with E-state index in [1.165, 1.54) is 6.33 Å². The number of rotatable bonds is 5. The van der Waals surface area contributed by atoms with Gasteiger partial charge in [-0.05, 0) is 27.2 Å². The molecule has 0 spiro atoms. The monoisotopic (exact) mass is 266 g/mol.